The summed E-state index contributed by atoms with van der Waals surface area (Å²) < 4.78 is 1.63. The number of amides is 1. The number of nitrogens with one attached hydrogen (secondary N) is 2. The minimum atomic E-state index is 0.0241. The summed E-state index contributed by atoms with van der Waals surface area (Å²) in [6, 6.07) is 2.26. The van der Waals surface area contributed by atoms with Crippen LogP contribution in [0.5, 0.6) is 0 Å². The first-order chi connectivity index (χ1) is 7.84. The maximum absolute atomic E-state index is 11.6. The lowest BCUT2D eigenvalue weighted by atomic mass is 10.1. The van der Waals surface area contributed by atoms with Crippen LogP contribution in [-0.4, -0.2) is 34.8 Å². The standard InChI is InChI=1S/C11H18N4O/c16-11(9-15-7-3-6-14-15)13-8-10-4-1-2-5-12-10/h3,6-7,10,12H,1-2,4-5,8-9H2,(H,13,16). The minimum absolute atomic E-state index is 0.0241. The average molecular weight is 222 g/mol. The molecule has 0 spiro atoms. The number of aromatic nitrogens is 2. The van der Waals surface area contributed by atoms with Gasteiger partial charge in [0.05, 0.1) is 0 Å². The molecule has 5 heteroatoms. The second-order valence-corrected chi connectivity index (χ2v) is 4.15. The second-order valence-electron chi connectivity index (χ2n) is 4.15. The van der Waals surface area contributed by atoms with Crippen molar-refractivity contribution in [1.82, 2.24) is 20.4 Å². The van der Waals surface area contributed by atoms with Crippen molar-refractivity contribution in [2.45, 2.75) is 31.8 Å². The number of carbonyl (C=O) groups is 1. The maximum Gasteiger partial charge on any atom is 0.241 e. The Hall–Kier alpha value is -1.36. The lowest BCUT2D eigenvalue weighted by molar-refractivity contribution is -0.121. The minimum Gasteiger partial charge on any atom is -0.353 e. The van der Waals surface area contributed by atoms with Gasteiger partial charge in [-0.25, -0.2) is 0 Å². The largest absolute Gasteiger partial charge is 0.353 e. The van der Waals surface area contributed by atoms with Gasteiger partial charge >= 0.3 is 0 Å². The molecule has 1 saturated heterocycles. The molecule has 1 aliphatic rings. The highest BCUT2D eigenvalue weighted by Crippen LogP contribution is 2.05. The highest BCUT2D eigenvalue weighted by Gasteiger charge is 2.13. The molecule has 2 heterocycles. The van der Waals surface area contributed by atoms with Crippen LogP contribution >= 0.6 is 0 Å². The van der Waals surface area contributed by atoms with Crippen LogP contribution in [0, 0.1) is 0 Å². The van der Waals surface area contributed by atoms with Gasteiger partial charge in [0.15, 0.2) is 0 Å². The SMILES string of the molecule is O=C(Cn1cccn1)NCC1CCCCN1. The normalized spacial score (nSPS) is 20.6. The van der Waals surface area contributed by atoms with Crippen molar-refractivity contribution in [3.63, 3.8) is 0 Å². The van der Waals surface area contributed by atoms with Gasteiger partial charge in [0, 0.05) is 25.0 Å². The Labute approximate surface area is 95.2 Å². The fraction of sp³-hybridized carbons (Fsp3) is 0.636. The molecule has 5 nitrogen and oxygen atoms in total. The summed E-state index contributed by atoms with van der Waals surface area (Å²) >= 11 is 0. The van der Waals surface area contributed by atoms with Crippen LogP contribution in [0.1, 0.15) is 19.3 Å². The van der Waals surface area contributed by atoms with E-state index in [-0.39, 0.29) is 5.91 Å². The van der Waals surface area contributed by atoms with Gasteiger partial charge in [-0.05, 0) is 25.5 Å². The summed E-state index contributed by atoms with van der Waals surface area (Å²) in [4.78, 5) is 11.6. The number of hydrogen-bond donors (Lipinski definition) is 2. The average Bonchev–Trinajstić information content (AvgIpc) is 2.81. The quantitative estimate of drug-likeness (QED) is 0.762. The van der Waals surface area contributed by atoms with Crippen molar-refractivity contribution in [1.29, 1.82) is 0 Å². The van der Waals surface area contributed by atoms with Crippen LogP contribution in [0.3, 0.4) is 0 Å². The molecule has 2 N–H and O–H groups in total. The van der Waals surface area contributed by atoms with E-state index in [1.54, 1.807) is 17.1 Å². The molecule has 2 rings (SSSR count). The second kappa shape index (κ2) is 5.65. The molecule has 1 aliphatic heterocycles. The highest BCUT2D eigenvalue weighted by atomic mass is 16.2. The first kappa shape index (κ1) is 11.1. The zero-order valence-corrected chi connectivity index (χ0v) is 9.35. The van der Waals surface area contributed by atoms with Gasteiger partial charge in [-0.2, -0.15) is 5.10 Å². The number of carbonyl (C=O) groups excluding carboxylic acids is 1. The Morgan fingerprint density at radius 2 is 2.50 bits per heavy atom. The third-order valence-corrected chi connectivity index (χ3v) is 2.82. The Morgan fingerprint density at radius 3 is 3.19 bits per heavy atom. The molecule has 1 unspecified atom stereocenters. The molecule has 0 saturated carbocycles. The fourth-order valence-electron chi connectivity index (χ4n) is 1.93. The van der Waals surface area contributed by atoms with Crippen molar-refractivity contribution in [3.8, 4) is 0 Å². The molecule has 16 heavy (non-hydrogen) atoms. The third kappa shape index (κ3) is 3.34. The predicted molar refractivity (Wildman–Crippen MR) is 60.9 cm³/mol. The predicted octanol–water partition coefficient (Wildman–Crippen LogP) is 0.141. The molecular formula is C11H18N4O. The summed E-state index contributed by atoms with van der Waals surface area (Å²) in [5.41, 5.74) is 0. The molecule has 1 aromatic rings. The van der Waals surface area contributed by atoms with E-state index < -0.39 is 0 Å². The van der Waals surface area contributed by atoms with Crippen molar-refractivity contribution in [2.75, 3.05) is 13.1 Å². The summed E-state index contributed by atoms with van der Waals surface area (Å²) in [7, 11) is 0. The Bertz CT molecular complexity index is 317. The van der Waals surface area contributed by atoms with E-state index in [9.17, 15) is 4.79 Å². The first-order valence-corrected chi connectivity index (χ1v) is 5.82. The van der Waals surface area contributed by atoms with Crippen LogP contribution < -0.4 is 10.6 Å². The third-order valence-electron chi connectivity index (χ3n) is 2.82. The molecule has 0 bridgehead atoms. The van der Waals surface area contributed by atoms with E-state index in [0.717, 1.165) is 19.5 Å². The Kier molecular flexibility index (Phi) is 3.93. The molecule has 1 amide bonds. The van der Waals surface area contributed by atoms with Crippen molar-refractivity contribution < 1.29 is 4.79 Å². The first-order valence-electron chi connectivity index (χ1n) is 5.82. The number of nitrogens with zero attached hydrogens (tertiary/aromatic N) is 2. The molecule has 1 atom stereocenters. The highest BCUT2D eigenvalue weighted by molar-refractivity contribution is 5.75. The van der Waals surface area contributed by atoms with E-state index in [1.807, 2.05) is 6.07 Å². The van der Waals surface area contributed by atoms with Crippen molar-refractivity contribution >= 4 is 5.91 Å². The molecule has 88 valence electrons. The van der Waals surface area contributed by atoms with Gasteiger partial charge in [-0.3, -0.25) is 9.48 Å². The summed E-state index contributed by atoms with van der Waals surface area (Å²) in [5.74, 6) is 0.0241. The van der Waals surface area contributed by atoms with E-state index >= 15 is 0 Å². The summed E-state index contributed by atoms with van der Waals surface area (Å²) in [5, 5.41) is 10.3. The zero-order valence-electron chi connectivity index (χ0n) is 9.35. The molecule has 0 aliphatic carbocycles. The molecule has 0 radical (unpaired) electrons. The Morgan fingerprint density at radius 1 is 1.56 bits per heavy atom. The molecule has 1 fully saturated rings. The van der Waals surface area contributed by atoms with E-state index in [2.05, 4.69) is 15.7 Å². The van der Waals surface area contributed by atoms with E-state index in [0.29, 0.717) is 12.6 Å². The molecular weight excluding hydrogens is 204 g/mol. The van der Waals surface area contributed by atoms with Crippen LogP contribution in [-0.2, 0) is 11.3 Å². The lowest BCUT2D eigenvalue weighted by Gasteiger charge is -2.23. The van der Waals surface area contributed by atoms with Crippen molar-refractivity contribution in [2.24, 2.45) is 0 Å². The van der Waals surface area contributed by atoms with Gasteiger partial charge in [-0.1, -0.05) is 6.42 Å². The van der Waals surface area contributed by atoms with Crippen LogP contribution in [0.15, 0.2) is 18.5 Å². The monoisotopic (exact) mass is 222 g/mol. The zero-order chi connectivity index (χ0) is 11.2. The summed E-state index contributed by atoms with van der Waals surface area (Å²) in [6.45, 7) is 2.10. The van der Waals surface area contributed by atoms with Crippen LogP contribution in [0.4, 0.5) is 0 Å². The number of piperidine rings is 1. The van der Waals surface area contributed by atoms with Gasteiger partial charge < -0.3 is 10.6 Å². The van der Waals surface area contributed by atoms with E-state index in [1.165, 1.54) is 12.8 Å². The van der Waals surface area contributed by atoms with Gasteiger partial charge in [0.1, 0.15) is 6.54 Å². The fourth-order valence-corrected chi connectivity index (χ4v) is 1.93. The van der Waals surface area contributed by atoms with E-state index in [4.69, 9.17) is 0 Å². The van der Waals surface area contributed by atoms with Crippen LogP contribution in [0.2, 0.25) is 0 Å². The maximum atomic E-state index is 11.6. The van der Waals surface area contributed by atoms with Crippen LogP contribution in [0.25, 0.3) is 0 Å². The smallest absolute Gasteiger partial charge is 0.241 e. The number of hydrogen-bond acceptors (Lipinski definition) is 3. The topological polar surface area (TPSA) is 59.0 Å². The van der Waals surface area contributed by atoms with Gasteiger partial charge in [0.2, 0.25) is 5.91 Å². The molecule has 1 aromatic heterocycles. The van der Waals surface area contributed by atoms with Crippen molar-refractivity contribution in [3.05, 3.63) is 18.5 Å². The lowest BCUT2D eigenvalue weighted by Crippen LogP contribution is -2.44. The Balaban J connectivity index is 1.67. The number of rotatable bonds is 4. The molecule has 0 aromatic carbocycles. The van der Waals surface area contributed by atoms with Gasteiger partial charge in [-0.15, -0.1) is 0 Å². The summed E-state index contributed by atoms with van der Waals surface area (Å²) in [6.07, 6.45) is 7.13. The van der Waals surface area contributed by atoms with Gasteiger partial charge in [0.25, 0.3) is 0 Å².